The maximum absolute atomic E-state index is 12.1. The molecule has 112 valence electrons. The summed E-state index contributed by atoms with van der Waals surface area (Å²) in [6, 6.07) is 9.72. The van der Waals surface area contributed by atoms with E-state index >= 15 is 0 Å². The molecule has 1 aromatic carbocycles. The number of nitrogens with zero attached hydrogens (tertiary/aromatic N) is 3. The highest BCUT2D eigenvalue weighted by Crippen LogP contribution is 2.24. The fraction of sp³-hybridized carbons (Fsp3) is 0.438. The molecule has 0 fully saturated rings. The van der Waals surface area contributed by atoms with Crippen molar-refractivity contribution in [3.05, 3.63) is 36.0 Å². The van der Waals surface area contributed by atoms with Gasteiger partial charge in [-0.25, -0.2) is 9.48 Å². The Kier molecular flexibility index (Phi) is 5.09. The molecule has 0 saturated carbocycles. The van der Waals surface area contributed by atoms with Crippen LogP contribution in [0.4, 0.5) is 0 Å². The van der Waals surface area contributed by atoms with Crippen molar-refractivity contribution >= 4 is 5.97 Å². The van der Waals surface area contributed by atoms with E-state index in [1.165, 1.54) is 0 Å². The zero-order valence-electron chi connectivity index (χ0n) is 12.7. The number of hydrogen-bond donors (Lipinski definition) is 0. The minimum Gasteiger partial charge on any atom is -0.461 e. The lowest BCUT2D eigenvalue weighted by Crippen LogP contribution is -2.11. The first-order valence-electron chi connectivity index (χ1n) is 7.33. The third-order valence-electron chi connectivity index (χ3n) is 3.43. The van der Waals surface area contributed by atoms with Gasteiger partial charge in [0.15, 0.2) is 5.69 Å². The van der Waals surface area contributed by atoms with E-state index in [1.54, 1.807) is 11.6 Å². The van der Waals surface area contributed by atoms with Crippen molar-refractivity contribution in [2.45, 2.75) is 33.7 Å². The third-order valence-corrected chi connectivity index (χ3v) is 3.43. The summed E-state index contributed by atoms with van der Waals surface area (Å²) < 4.78 is 6.88. The molecule has 0 saturated heterocycles. The summed E-state index contributed by atoms with van der Waals surface area (Å²) in [6.45, 7) is 7.12. The molecular weight excluding hydrogens is 266 g/mol. The second kappa shape index (κ2) is 7.02. The first-order valence-corrected chi connectivity index (χ1v) is 7.33. The molecule has 21 heavy (non-hydrogen) atoms. The molecule has 1 aromatic heterocycles. The minimum absolute atomic E-state index is 0.284. The molecule has 0 radical (unpaired) electrons. The zero-order chi connectivity index (χ0) is 15.2. The predicted molar refractivity (Wildman–Crippen MR) is 80.9 cm³/mol. The number of carbonyl (C=O) groups excluding carboxylic acids is 1. The maximum Gasteiger partial charge on any atom is 0.361 e. The van der Waals surface area contributed by atoms with Crippen molar-refractivity contribution in [2.75, 3.05) is 6.61 Å². The van der Waals surface area contributed by atoms with Crippen LogP contribution >= 0.6 is 0 Å². The number of hydrogen-bond acceptors (Lipinski definition) is 4. The molecule has 0 N–H and O–H groups in total. The minimum atomic E-state index is -0.424. The largest absolute Gasteiger partial charge is 0.461 e. The van der Waals surface area contributed by atoms with Gasteiger partial charge in [-0.1, -0.05) is 55.8 Å². The van der Waals surface area contributed by atoms with E-state index in [2.05, 4.69) is 24.2 Å². The Labute approximate surface area is 124 Å². The van der Waals surface area contributed by atoms with Crippen molar-refractivity contribution < 1.29 is 9.53 Å². The van der Waals surface area contributed by atoms with E-state index in [4.69, 9.17) is 4.74 Å². The Hall–Kier alpha value is -2.17. The molecule has 5 nitrogen and oxygen atoms in total. The Morgan fingerprint density at radius 3 is 2.62 bits per heavy atom. The van der Waals surface area contributed by atoms with Gasteiger partial charge in [-0.2, -0.15) is 0 Å². The number of aromatic nitrogens is 3. The zero-order valence-corrected chi connectivity index (χ0v) is 12.7. The molecule has 1 unspecified atom stereocenters. The second-order valence-corrected chi connectivity index (χ2v) is 5.07. The van der Waals surface area contributed by atoms with E-state index in [0.29, 0.717) is 12.5 Å². The smallest absolute Gasteiger partial charge is 0.361 e. The van der Waals surface area contributed by atoms with Crippen molar-refractivity contribution in [3.63, 3.8) is 0 Å². The molecule has 0 aliphatic rings. The molecule has 0 spiro atoms. The van der Waals surface area contributed by atoms with Crippen molar-refractivity contribution in [1.29, 1.82) is 0 Å². The summed E-state index contributed by atoms with van der Waals surface area (Å²) in [4.78, 5) is 12.1. The third kappa shape index (κ3) is 3.48. The van der Waals surface area contributed by atoms with Gasteiger partial charge in [-0.3, -0.25) is 0 Å². The second-order valence-electron chi connectivity index (χ2n) is 5.07. The molecule has 5 heteroatoms. The van der Waals surface area contributed by atoms with Gasteiger partial charge in [0, 0.05) is 12.1 Å². The Morgan fingerprint density at radius 1 is 1.29 bits per heavy atom. The average molecular weight is 287 g/mol. The van der Waals surface area contributed by atoms with Gasteiger partial charge in [-0.15, -0.1) is 5.10 Å². The topological polar surface area (TPSA) is 57.0 Å². The summed E-state index contributed by atoms with van der Waals surface area (Å²) in [5.41, 5.74) is 1.94. The number of rotatable bonds is 6. The molecule has 0 bridgehead atoms. The number of carbonyl (C=O) groups is 1. The summed E-state index contributed by atoms with van der Waals surface area (Å²) in [6.07, 6.45) is 1.04. The van der Waals surface area contributed by atoms with E-state index in [1.807, 2.05) is 30.3 Å². The van der Waals surface area contributed by atoms with Crippen molar-refractivity contribution in [2.24, 2.45) is 5.92 Å². The quantitative estimate of drug-likeness (QED) is 0.766. The summed E-state index contributed by atoms with van der Waals surface area (Å²) in [7, 11) is 0. The predicted octanol–water partition coefficient (Wildman–Crippen LogP) is 3.17. The molecule has 2 aromatic rings. The molecule has 2 rings (SSSR count). The van der Waals surface area contributed by atoms with Crippen LogP contribution < -0.4 is 0 Å². The fourth-order valence-electron chi connectivity index (χ4n) is 2.08. The van der Waals surface area contributed by atoms with Crippen LogP contribution in [-0.2, 0) is 11.3 Å². The molecule has 0 amide bonds. The van der Waals surface area contributed by atoms with Gasteiger partial charge < -0.3 is 4.74 Å². The van der Waals surface area contributed by atoms with Crippen LogP contribution in [-0.4, -0.2) is 27.6 Å². The molecule has 1 heterocycles. The normalized spacial score (nSPS) is 12.1. The summed E-state index contributed by atoms with van der Waals surface area (Å²) in [5.74, 6) is 0.0379. The van der Waals surface area contributed by atoms with Crippen LogP contribution in [0.5, 0.6) is 0 Å². The highest BCUT2D eigenvalue weighted by Gasteiger charge is 2.22. The van der Waals surface area contributed by atoms with Gasteiger partial charge >= 0.3 is 5.97 Å². The monoisotopic (exact) mass is 287 g/mol. The Morgan fingerprint density at radius 2 is 2.00 bits per heavy atom. The van der Waals surface area contributed by atoms with E-state index in [9.17, 15) is 4.79 Å². The van der Waals surface area contributed by atoms with Crippen LogP contribution in [0.1, 0.15) is 37.7 Å². The van der Waals surface area contributed by atoms with Crippen LogP contribution in [0.25, 0.3) is 11.3 Å². The van der Waals surface area contributed by atoms with E-state index in [0.717, 1.165) is 24.2 Å². The highest BCUT2D eigenvalue weighted by atomic mass is 16.5. The van der Waals surface area contributed by atoms with Gasteiger partial charge in [0.05, 0.1) is 6.61 Å². The summed E-state index contributed by atoms with van der Waals surface area (Å²) in [5, 5.41) is 8.19. The first kappa shape index (κ1) is 15.2. The fourth-order valence-corrected chi connectivity index (χ4v) is 2.08. The van der Waals surface area contributed by atoms with Gasteiger partial charge in [-0.05, 0) is 12.8 Å². The van der Waals surface area contributed by atoms with Crippen LogP contribution in [0.15, 0.2) is 30.3 Å². The summed E-state index contributed by atoms with van der Waals surface area (Å²) >= 11 is 0. The molecule has 0 aliphatic carbocycles. The lowest BCUT2D eigenvalue weighted by Gasteiger charge is -2.12. The van der Waals surface area contributed by atoms with Gasteiger partial charge in [0.2, 0.25) is 0 Å². The van der Waals surface area contributed by atoms with E-state index in [-0.39, 0.29) is 5.69 Å². The van der Waals surface area contributed by atoms with E-state index < -0.39 is 5.97 Å². The number of benzene rings is 1. The Balaban J connectivity index is 2.45. The Bertz CT molecular complexity index is 593. The van der Waals surface area contributed by atoms with Crippen LogP contribution in [0.2, 0.25) is 0 Å². The van der Waals surface area contributed by atoms with Crippen LogP contribution in [0.3, 0.4) is 0 Å². The lowest BCUT2D eigenvalue weighted by molar-refractivity contribution is 0.0520. The standard InChI is InChI=1S/C16H21N3O2/c1-4-12(3)11-19-15(13-9-7-6-8-10-13)14(17-18-19)16(20)21-5-2/h6-10,12H,4-5,11H2,1-3H3. The molecular formula is C16H21N3O2. The van der Waals surface area contributed by atoms with Gasteiger partial charge in [0.1, 0.15) is 5.69 Å². The average Bonchev–Trinajstić information content (AvgIpc) is 2.92. The lowest BCUT2D eigenvalue weighted by atomic mass is 10.1. The van der Waals surface area contributed by atoms with Crippen molar-refractivity contribution in [3.8, 4) is 11.3 Å². The number of esters is 1. The van der Waals surface area contributed by atoms with Crippen LogP contribution in [0, 0.1) is 5.92 Å². The van der Waals surface area contributed by atoms with Crippen molar-refractivity contribution in [1.82, 2.24) is 15.0 Å². The number of ether oxygens (including phenoxy) is 1. The van der Waals surface area contributed by atoms with Gasteiger partial charge in [0.25, 0.3) is 0 Å². The SMILES string of the molecule is CCOC(=O)c1nnn(CC(C)CC)c1-c1ccccc1. The first-order chi connectivity index (χ1) is 10.2. The molecule has 1 atom stereocenters. The highest BCUT2D eigenvalue weighted by molar-refractivity contribution is 5.94. The maximum atomic E-state index is 12.1. The molecule has 0 aliphatic heterocycles.